The number of carbonyl (C=O) groups is 1. The van der Waals surface area contributed by atoms with Gasteiger partial charge in [0, 0.05) is 39.8 Å². The molecular weight excluding hydrogens is 348 g/mol. The number of nitrogens with zero attached hydrogens (tertiary/aromatic N) is 1. The molecule has 0 aliphatic heterocycles. The summed E-state index contributed by atoms with van der Waals surface area (Å²) < 4.78 is 5.72. The molecule has 0 aliphatic carbocycles. The van der Waals surface area contributed by atoms with E-state index in [0.29, 0.717) is 17.9 Å². The second-order valence-corrected chi connectivity index (χ2v) is 7.50. The molecule has 2 aromatic carbocycles. The van der Waals surface area contributed by atoms with Gasteiger partial charge in [-0.1, -0.05) is 24.0 Å². The number of pyridine rings is 1. The smallest absolute Gasteiger partial charge is 0.255 e. The molecule has 0 radical (unpaired) electrons. The minimum atomic E-state index is -0.194. The van der Waals surface area contributed by atoms with Gasteiger partial charge in [0.15, 0.2) is 0 Å². The van der Waals surface area contributed by atoms with Crippen LogP contribution in [0.5, 0.6) is 5.75 Å². The lowest BCUT2D eigenvalue weighted by Gasteiger charge is -2.12. The van der Waals surface area contributed by atoms with E-state index in [9.17, 15) is 4.79 Å². The Labute approximate surface area is 165 Å². The van der Waals surface area contributed by atoms with Gasteiger partial charge in [-0.2, -0.15) is 0 Å². The Bertz CT molecular complexity index is 1060. The van der Waals surface area contributed by atoms with Crippen LogP contribution in [0.15, 0.2) is 54.9 Å². The average Bonchev–Trinajstić information content (AvgIpc) is 2.67. The third-order valence-electron chi connectivity index (χ3n) is 4.04. The largest absolute Gasteiger partial charge is 0.493 e. The van der Waals surface area contributed by atoms with Crippen molar-refractivity contribution in [3.8, 4) is 17.6 Å². The number of ether oxygens (including phenoxy) is 1. The second-order valence-electron chi connectivity index (χ2n) is 7.50. The molecule has 1 amide bonds. The summed E-state index contributed by atoms with van der Waals surface area (Å²) in [5.74, 6) is 6.80. The molecule has 142 valence electrons. The highest BCUT2D eigenvalue weighted by Crippen LogP contribution is 2.25. The molecule has 1 N–H and O–H groups in total. The number of rotatable bonds is 4. The quantitative estimate of drug-likeness (QED) is 0.634. The highest BCUT2D eigenvalue weighted by Gasteiger charge is 2.12. The molecule has 0 saturated carbocycles. The molecule has 1 heterocycles. The molecule has 28 heavy (non-hydrogen) atoms. The van der Waals surface area contributed by atoms with Crippen LogP contribution < -0.4 is 10.1 Å². The van der Waals surface area contributed by atoms with Crippen molar-refractivity contribution in [3.05, 3.63) is 66.0 Å². The molecule has 3 rings (SSSR count). The van der Waals surface area contributed by atoms with Gasteiger partial charge >= 0.3 is 0 Å². The fourth-order valence-electron chi connectivity index (χ4n) is 2.72. The normalized spacial score (nSPS) is 10.9. The van der Waals surface area contributed by atoms with Crippen molar-refractivity contribution in [2.45, 2.75) is 27.7 Å². The summed E-state index contributed by atoms with van der Waals surface area (Å²) in [7, 11) is 0. The minimum Gasteiger partial charge on any atom is -0.493 e. The third kappa shape index (κ3) is 4.69. The maximum absolute atomic E-state index is 12.8. The zero-order valence-corrected chi connectivity index (χ0v) is 16.7. The van der Waals surface area contributed by atoms with Crippen LogP contribution in [0.25, 0.3) is 10.8 Å². The summed E-state index contributed by atoms with van der Waals surface area (Å²) in [6.07, 6.45) is 3.49. The molecule has 0 aliphatic rings. The van der Waals surface area contributed by atoms with E-state index in [1.807, 2.05) is 37.3 Å². The SMILES string of the molecule is CCOc1cc(C(=O)Nc2cccc3cnccc23)ccc1C#CC(C)(C)C. The average molecular weight is 372 g/mol. The molecule has 4 nitrogen and oxygen atoms in total. The second kappa shape index (κ2) is 8.14. The molecule has 3 aromatic rings. The molecule has 0 unspecified atom stereocenters. The van der Waals surface area contributed by atoms with Crippen LogP contribution >= 0.6 is 0 Å². The van der Waals surface area contributed by atoms with Gasteiger partial charge < -0.3 is 10.1 Å². The zero-order valence-electron chi connectivity index (χ0n) is 16.7. The van der Waals surface area contributed by atoms with Gasteiger partial charge in [-0.3, -0.25) is 9.78 Å². The minimum absolute atomic E-state index is 0.108. The summed E-state index contributed by atoms with van der Waals surface area (Å²) in [4.78, 5) is 16.9. The molecule has 4 heteroatoms. The Morgan fingerprint density at radius 2 is 2.00 bits per heavy atom. The number of carbonyl (C=O) groups excluding carboxylic acids is 1. The maximum Gasteiger partial charge on any atom is 0.255 e. The molecule has 0 atom stereocenters. The molecule has 0 bridgehead atoms. The predicted octanol–water partition coefficient (Wildman–Crippen LogP) is 5.28. The van der Waals surface area contributed by atoms with Gasteiger partial charge in [-0.15, -0.1) is 0 Å². The van der Waals surface area contributed by atoms with E-state index >= 15 is 0 Å². The number of nitrogens with one attached hydrogen (secondary N) is 1. The highest BCUT2D eigenvalue weighted by molar-refractivity contribution is 6.09. The van der Waals surface area contributed by atoms with Crippen molar-refractivity contribution in [1.82, 2.24) is 4.98 Å². The van der Waals surface area contributed by atoms with Crippen molar-refractivity contribution in [2.24, 2.45) is 5.41 Å². The monoisotopic (exact) mass is 372 g/mol. The lowest BCUT2D eigenvalue weighted by molar-refractivity contribution is 0.102. The summed E-state index contributed by atoms with van der Waals surface area (Å²) in [5.41, 5.74) is 1.95. The van der Waals surface area contributed by atoms with Crippen LogP contribution in [-0.2, 0) is 0 Å². The van der Waals surface area contributed by atoms with Crippen LogP contribution in [-0.4, -0.2) is 17.5 Å². The van der Waals surface area contributed by atoms with Crippen LogP contribution in [0.4, 0.5) is 5.69 Å². The molecule has 0 spiro atoms. The van der Waals surface area contributed by atoms with Crippen LogP contribution in [0.2, 0.25) is 0 Å². The van der Waals surface area contributed by atoms with Gasteiger partial charge in [0.2, 0.25) is 0 Å². The first-order valence-electron chi connectivity index (χ1n) is 9.31. The van der Waals surface area contributed by atoms with E-state index in [0.717, 1.165) is 22.0 Å². The fourth-order valence-corrected chi connectivity index (χ4v) is 2.72. The molecule has 0 saturated heterocycles. The van der Waals surface area contributed by atoms with Gasteiger partial charge in [0.1, 0.15) is 5.75 Å². The van der Waals surface area contributed by atoms with E-state index in [-0.39, 0.29) is 11.3 Å². The van der Waals surface area contributed by atoms with Crippen LogP contribution in [0.3, 0.4) is 0 Å². The molecular formula is C24H24N2O2. The van der Waals surface area contributed by atoms with Gasteiger partial charge in [0.05, 0.1) is 12.2 Å². The number of fused-ring (bicyclic) bond motifs is 1. The van der Waals surface area contributed by atoms with Gasteiger partial charge in [-0.05, 0) is 58.0 Å². The number of anilines is 1. The third-order valence-corrected chi connectivity index (χ3v) is 4.04. The Kier molecular flexibility index (Phi) is 5.65. The number of aromatic nitrogens is 1. The Morgan fingerprint density at radius 1 is 1.18 bits per heavy atom. The van der Waals surface area contributed by atoms with E-state index in [2.05, 4.69) is 42.9 Å². The Morgan fingerprint density at radius 3 is 2.75 bits per heavy atom. The number of benzene rings is 2. The fraction of sp³-hybridized carbons (Fsp3) is 0.250. The van der Waals surface area contributed by atoms with Gasteiger partial charge in [0.25, 0.3) is 5.91 Å². The predicted molar refractivity (Wildman–Crippen MR) is 114 cm³/mol. The van der Waals surface area contributed by atoms with E-state index < -0.39 is 0 Å². The van der Waals surface area contributed by atoms with Crippen molar-refractivity contribution in [1.29, 1.82) is 0 Å². The summed E-state index contributed by atoms with van der Waals surface area (Å²) >= 11 is 0. The lowest BCUT2D eigenvalue weighted by atomic mass is 9.97. The first-order valence-corrected chi connectivity index (χ1v) is 9.31. The lowest BCUT2D eigenvalue weighted by Crippen LogP contribution is -2.12. The summed E-state index contributed by atoms with van der Waals surface area (Å²) in [6.45, 7) is 8.59. The number of amides is 1. The Balaban J connectivity index is 1.91. The molecule has 0 fully saturated rings. The van der Waals surface area contributed by atoms with Crippen LogP contribution in [0.1, 0.15) is 43.6 Å². The Hall–Kier alpha value is -3.32. The van der Waals surface area contributed by atoms with Crippen molar-refractivity contribution in [2.75, 3.05) is 11.9 Å². The highest BCUT2D eigenvalue weighted by atomic mass is 16.5. The van der Waals surface area contributed by atoms with Crippen molar-refractivity contribution < 1.29 is 9.53 Å². The molecule has 1 aromatic heterocycles. The standard InChI is InChI=1S/C24H24N2O2/c1-5-28-22-15-18(10-9-17(22)11-13-24(2,3)4)23(27)26-21-8-6-7-19-16-25-14-12-20(19)21/h6-10,12,14-16H,5H2,1-4H3,(H,26,27). The van der Waals surface area contributed by atoms with Gasteiger partial charge in [-0.25, -0.2) is 0 Å². The topological polar surface area (TPSA) is 51.2 Å². The van der Waals surface area contributed by atoms with Crippen LogP contribution in [0, 0.1) is 17.3 Å². The first-order chi connectivity index (χ1) is 13.4. The first kappa shape index (κ1) is 19.4. The summed E-state index contributed by atoms with van der Waals surface area (Å²) in [6, 6.07) is 13.0. The van der Waals surface area contributed by atoms with E-state index in [1.54, 1.807) is 24.5 Å². The van der Waals surface area contributed by atoms with Crippen molar-refractivity contribution in [3.63, 3.8) is 0 Å². The van der Waals surface area contributed by atoms with E-state index in [4.69, 9.17) is 4.74 Å². The maximum atomic E-state index is 12.8. The summed E-state index contributed by atoms with van der Waals surface area (Å²) in [5, 5.41) is 4.91. The van der Waals surface area contributed by atoms with E-state index in [1.165, 1.54) is 0 Å². The number of hydrogen-bond acceptors (Lipinski definition) is 3. The zero-order chi connectivity index (χ0) is 20.1. The number of hydrogen-bond donors (Lipinski definition) is 1. The van der Waals surface area contributed by atoms with Crippen molar-refractivity contribution >= 4 is 22.4 Å².